The second-order valence-corrected chi connectivity index (χ2v) is 14.2. The highest BCUT2D eigenvalue weighted by Crippen LogP contribution is 2.49. The molecule has 0 bridgehead atoms. The lowest BCUT2D eigenvalue weighted by atomic mass is 9.79. The number of imide groups is 2. The Kier molecular flexibility index (Phi) is 9.53. The molecule has 0 spiro atoms. The van der Waals surface area contributed by atoms with Crippen molar-refractivity contribution in [2.75, 3.05) is 0 Å². The minimum atomic E-state index is -0.292. The summed E-state index contributed by atoms with van der Waals surface area (Å²) in [7, 11) is 0. The van der Waals surface area contributed by atoms with E-state index in [2.05, 4.69) is 37.5 Å². The highest BCUT2D eigenvalue weighted by atomic mass is 16.2. The van der Waals surface area contributed by atoms with Crippen LogP contribution in [0.3, 0.4) is 0 Å². The van der Waals surface area contributed by atoms with Crippen molar-refractivity contribution in [3.05, 3.63) is 69.8 Å². The van der Waals surface area contributed by atoms with Gasteiger partial charge in [0.25, 0.3) is 23.6 Å². The van der Waals surface area contributed by atoms with Crippen molar-refractivity contribution in [3.8, 4) is 23.7 Å². The number of carbonyl (C=O) groups is 4. The van der Waals surface area contributed by atoms with E-state index in [-0.39, 0.29) is 35.7 Å². The van der Waals surface area contributed by atoms with Crippen molar-refractivity contribution in [3.63, 3.8) is 0 Å². The third kappa shape index (κ3) is 5.18. The van der Waals surface area contributed by atoms with Gasteiger partial charge >= 0.3 is 0 Å². The zero-order valence-corrected chi connectivity index (χ0v) is 31.2. The molecule has 0 aliphatic carbocycles. The van der Waals surface area contributed by atoms with Gasteiger partial charge in [-0.05, 0) is 73.6 Å². The van der Waals surface area contributed by atoms with E-state index >= 15 is 0 Å². The van der Waals surface area contributed by atoms with Crippen LogP contribution in [0.5, 0.6) is 0 Å². The smallest absolute Gasteiger partial charge is 0.261 e. The third-order valence-electron chi connectivity index (χ3n) is 11.3. The van der Waals surface area contributed by atoms with Crippen LogP contribution in [0.4, 0.5) is 0 Å². The van der Waals surface area contributed by atoms with E-state index in [0.717, 1.165) is 58.0 Å². The van der Waals surface area contributed by atoms with Crippen LogP contribution in [-0.2, 0) is 0 Å². The first kappa shape index (κ1) is 35.2. The quantitative estimate of drug-likeness (QED) is 0.0481. The molecule has 2 heterocycles. The molecule has 5 aromatic rings. The van der Waals surface area contributed by atoms with Crippen LogP contribution in [-0.4, -0.2) is 45.5 Å². The summed E-state index contributed by atoms with van der Waals surface area (Å²) < 4.78 is 0. The Hall–Kier alpha value is -5.20. The van der Waals surface area contributed by atoms with E-state index in [1.165, 1.54) is 9.80 Å². The normalized spacial score (nSPS) is 14.1. The summed E-state index contributed by atoms with van der Waals surface area (Å²) in [5.74, 6) is 12.5. The topological polar surface area (TPSA) is 74.8 Å². The zero-order valence-electron chi connectivity index (χ0n) is 31.2. The van der Waals surface area contributed by atoms with Crippen LogP contribution in [0.15, 0.2) is 36.4 Å². The molecule has 0 unspecified atom stereocenters. The number of nitrogens with zero attached hydrogens (tertiary/aromatic N) is 2. The fourth-order valence-corrected chi connectivity index (χ4v) is 8.52. The molecule has 0 saturated heterocycles. The Labute approximate surface area is 306 Å². The number of hydrogen-bond donors (Lipinski definition) is 0. The minimum Gasteiger partial charge on any atom is -0.271 e. The number of unbranched alkanes of at least 4 members (excludes halogenated alkanes) is 4. The van der Waals surface area contributed by atoms with Gasteiger partial charge in [0.1, 0.15) is 0 Å². The van der Waals surface area contributed by atoms with Crippen molar-refractivity contribution in [1.82, 2.24) is 9.80 Å². The molecular weight excluding hydrogens is 645 g/mol. The van der Waals surface area contributed by atoms with E-state index in [4.69, 9.17) is 0 Å². The maximum Gasteiger partial charge on any atom is 0.261 e. The van der Waals surface area contributed by atoms with Gasteiger partial charge in [-0.3, -0.25) is 29.0 Å². The van der Waals surface area contributed by atoms with E-state index in [9.17, 15) is 19.2 Å². The van der Waals surface area contributed by atoms with Gasteiger partial charge in [0.05, 0.1) is 0 Å². The van der Waals surface area contributed by atoms with Crippen molar-refractivity contribution in [1.29, 1.82) is 0 Å². The molecule has 0 aromatic heterocycles. The summed E-state index contributed by atoms with van der Waals surface area (Å²) in [6, 6.07) is 11.0. The molecule has 264 valence electrons. The number of fused-ring (bicyclic) bond motifs is 2. The van der Waals surface area contributed by atoms with Gasteiger partial charge in [0.15, 0.2) is 0 Å². The van der Waals surface area contributed by atoms with Crippen LogP contribution >= 0.6 is 0 Å². The SMILES string of the molecule is CCCCC#Cc1cc2c3c(ccc4c5c(C#CCCCC)cc6c7c(ccc(c1c34)c75)C(=O)N(C(CC)CC)C6=O)C(=O)N(C(CC)CC)C2=O. The summed E-state index contributed by atoms with van der Waals surface area (Å²) in [5, 5.41) is 6.22. The number of benzene rings is 5. The standard InChI is InChI=1S/C46H46N2O4/c1-7-13-15-17-19-27-25-35-39-33(43(49)47(45(35)51)29(9-3)10-4)24-22-32-38-28(20-18-16-14-8-2)26-36-40-34(23-21-31(42(38)40)37(27)41(32)39)44(50)48(46(36)52)30(11-5)12-6/h21-26,29-30H,7-16H2,1-6H3. The molecule has 6 heteroatoms. The largest absolute Gasteiger partial charge is 0.271 e. The molecule has 2 aliphatic heterocycles. The highest BCUT2D eigenvalue weighted by molar-refractivity contribution is 6.42. The molecule has 0 N–H and O–H groups in total. The van der Waals surface area contributed by atoms with Gasteiger partial charge in [0.2, 0.25) is 0 Å². The molecule has 2 aliphatic rings. The number of carbonyl (C=O) groups excluding carboxylic acids is 4. The summed E-state index contributed by atoms with van der Waals surface area (Å²) in [6.45, 7) is 12.3. The first-order chi connectivity index (χ1) is 25.3. The molecule has 0 fully saturated rings. The number of hydrogen-bond acceptors (Lipinski definition) is 4. The van der Waals surface area contributed by atoms with E-state index in [1.807, 2.05) is 64.1 Å². The average molecular weight is 691 g/mol. The fraction of sp³-hybridized carbons (Fsp3) is 0.391. The first-order valence-corrected chi connectivity index (χ1v) is 19.3. The van der Waals surface area contributed by atoms with Crippen LogP contribution in [0.2, 0.25) is 0 Å². The lowest BCUT2D eigenvalue weighted by Crippen LogP contribution is -2.46. The Morgan fingerprint density at radius 2 is 0.846 bits per heavy atom. The molecule has 6 nitrogen and oxygen atoms in total. The molecule has 5 aromatic carbocycles. The fourth-order valence-electron chi connectivity index (χ4n) is 8.52. The molecule has 0 atom stereocenters. The van der Waals surface area contributed by atoms with Gasteiger partial charge < -0.3 is 0 Å². The molecule has 0 radical (unpaired) electrons. The predicted molar refractivity (Wildman–Crippen MR) is 210 cm³/mol. The van der Waals surface area contributed by atoms with Gasteiger partial charge in [-0.25, -0.2) is 0 Å². The van der Waals surface area contributed by atoms with Gasteiger partial charge in [0, 0.05) is 90.6 Å². The molecule has 52 heavy (non-hydrogen) atoms. The Balaban J connectivity index is 1.67. The summed E-state index contributed by atoms with van der Waals surface area (Å²) in [5.41, 5.74) is 3.39. The van der Waals surface area contributed by atoms with Crippen molar-refractivity contribution in [2.24, 2.45) is 0 Å². The summed E-state index contributed by atoms with van der Waals surface area (Å²) >= 11 is 0. The van der Waals surface area contributed by atoms with Gasteiger partial charge in [-0.15, -0.1) is 0 Å². The first-order valence-electron chi connectivity index (χ1n) is 19.3. The third-order valence-corrected chi connectivity index (χ3v) is 11.3. The average Bonchev–Trinajstić information content (AvgIpc) is 3.16. The maximum absolute atomic E-state index is 14.4. The lowest BCUT2D eigenvalue weighted by Gasteiger charge is -2.35. The Morgan fingerprint density at radius 3 is 1.19 bits per heavy atom. The predicted octanol–water partition coefficient (Wildman–Crippen LogP) is 10.4. The lowest BCUT2D eigenvalue weighted by molar-refractivity contribution is 0.0514. The molecular formula is C46H46N2O4. The van der Waals surface area contributed by atoms with Crippen molar-refractivity contribution in [2.45, 2.75) is 118 Å². The highest BCUT2D eigenvalue weighted by Gasteiger charge is 2.40. The van der Waals surface area contributed by atoms with Crippen molar-refractivity contribution >= 4 is 66.7 Å². The van der Waals surface area contributed by atoms with Crippen molar-refractivity contribution < 1.29 is 19.2 Å². The minimum absolute atomic E-state index is 0.217. The summed E-state index contributed by atoms with van der Waals surface area (Å²) in [4.78, 5) is 60.3. The number of rotatable bonds is 10. The molecule has 7 rings (SSSR count). The van der Waals surface area contributed by atoms with E-state index in [1.54, 1.807) is 0 Å². The van der Waals surface area contributed by atoms with Crippen LogP contribution < -0.4 is 0 Å². The van der Waals surface area contributed by atoms with Crippen LogP contribution in [0.1, 0.15) is 158 Å². The maximum atomic E-state index is 14.4. The van der Waals surface area contributed by atoms with E-state index < -0.39 is 0 Å². The monoisotopic (exact) mass is 690 g/mol. The van der Waals surface area contributed by atoms with Crippen LogP contribution in [0, 0.1) is 23.7 Å². The second kappa shape index (κ2) is 14.1. The zero-order chi connectivity index (χ0) is 36.8. The van der Waals surface area contributed by atoms with Gasteiger partial charge in [-0.2, -0.15) is 0 Å². The summed E-state index contributed by atoms with van der Waals surface area (Å²) in [6.07, 6.45) is 8.02. The number of amides is 4. The molecule has 4 amide bonds. The molecule has 0 saturated carbocycles. The van der Waals surface area contributed by atoms with Gasteiger partial charge in [-0.1, -0.05) is 90.2 Å². The van der Waals surface area contributed by atoms with Crippen LogP contribution in [0.25, 0.3) is 43.1 Å². The second-order valence-electron chi connectivity index (χ2n) is 14.2. The Morgan fingerprint density at radius 1 is 0.481 bits per heavy atom. The van der Waals surface area contributed by atoms with E-state index in [0.29, 0.717) is 82.7 Å². The Bertz CT molecular complexity index is 2270.